The number of pyridine rings is 1. The summed E-state index contributed by atoms with van der Waals surface area (Å²) in [6.45, 7) is 3.75. The topological polar surface area (TPSA) is 64.1 Å². The van der Waals surface area contributed by atoms with Gasteiger partial charge in [0.05, 0.1) is 11.6 Å². The Morgan fingerprint density at radius 1 is 1.50 bits per heavy atom. The number of nitrogens with one attached hydrogen (secondary N) is 1. The quantitative estimate of drug-likeness (QED) is 0.625. The average Bonchev–Trinajstić information content (AvgIpc) is 2.94. The third-order valence-electron chi connectivity index (χ3n) is 2.60. The number of hydrogen-bond acceptors (Lipinski definition) is 6. The summed E-state index contributed by atoms with van der Waals surface area (Å²) in [6.07, 6.45) is 4.40. The Labute approximate surface area is 122 Å². The lowest BCUT2D eigenvalue weighted by Gasteiger charge is -2.02. The number of ether oxygens (including phenoxy) is 1. The van der Waals surface area contributed by atoms with Crippen LogP contribution in [0.25, 0.3) is 0 Å². The minimum atomic E-state index is -0.349. The van der Waals surface area contributed by atoms with E-state index in [1.807, 2.05) is 18.3 Å². The van der Waals surface area contributed by atoms with Gasteiger partial charge in [0.15, 0.2) is 5.69 Å². The van der Waals surface area contributed by atoms with Crippen molar-refractivity contribution < 1.29 is 9.53 Å². The van der Waals surface area contributed by atoms with E-state index in [9.17, 15) is 4.79 Å². The first-order valence-corrected chi connectivity index (χ1v) is 7.38. The van der Waals surface area contributed by atoms with E-state index in [0.717, 1.165) is 30.1 Å². The van der Waals surface area contributed by atoms with Crippen LogP contribution in [0.2, 0.25) is 0 Å². The summed E-state index contributed by atoms with van der Waals surface area (Å²) >= 11 is 1.49. The number of aromatic nitrogens is 2. The lowest BCUT2D eigenvalue weighted by molar-refractivity contribution is 0.0520. The third-order valence-corrected chi connectivity index (χ3v) is 3.51. The van der Waals surface area contributed by atoms with Gasteiger partial charge >= 0.3 is 5.97 Å². The SMILES string of the molecule is CCOC(=O)c1csc(CCNCc2cccnc2)n1. The van der Waals surface area contributed by atoms with Gasteiger partial charge in [0.25, 0.3) is 0 Å². The normalized spacial score (nSPS) is 10.4. The molecular weight excluding hydrogens is 274 g/mol. The molecule has 0 saturated carbocycles. The smallest absolute Gasteiger partial charge is 0.357 e. The maximum Gasteiger partial charge on any atom is 0.357 e. The molecule has 5 nitrogen and oxygen atoms in total. The molecule has 20 heavy (non-hydrogen) atoms. The Hall–Kier alpha value is -1.79. The van der Waals surface area contributed by atoms with Crippen LogP contribution in [-0.4, -0.2) is 29.1 Å². The van der Waals surface area contributed by atoms with E-state index in [0.29, 0.717) is 12.3 Å². The first kappa shape index (κ1) is 14.6. The van der Waals surface area contributed by atoms with Gasteiger partial charge < -0.3 is 10.1 Å². The lowest BCUT2D eigenvalue weighted by Crippen LogP contribution is -2.16. The fourth-order valence-corrected chi connectivity index (χ4v) is 2.42. The molecule has 2 rings (SSSR count). The fraction of sp³-hybridized carbons (Fsp3) is 0.357. The standard InChI is InChI=1S/C14H17N3O2S/c1-2-19-14(18)12-10-20-13(17-12)5-7-16-9-11-4-3-6-15-8-11/h3-4,6,8,10,16H,2,5,7,9H2,1H3. The highest BCUT2D eigenvalue weighted by Gasteiger charge is 2.10. The number of thiazole rings is 1. The number of nitrogens with zero attached hydrogens (tertiary/aromatic N) is 2. The van der Waals surface area contributed by atoms with E-state index < -0.39 is 0 Å². The average molecular weight is 291 g/mol. The molecule has 0 spiro atoms. The highest BCUT2D eigenvalue weighted by Crippen LogP contribution is 2.11. The van der Waals surface area contributed by atoms with Gasteiger partial charge in [-0.25, -0.2) is 9.78 Å². The maximum absolute atomic E-state index is 11.5. The second-order valence-corrected chi connectivity index (χ2v) is 5.08. The van der Waals surface area contributed by atoms with Crippen molar-refractivity contribution in [2.75, 3.05) is 13.2 Å². The summed E-state index contributed by atoms with van der Waals surface area (Å²) in [5.74, 6) is -0.349. The highest BCUT2D eigenvalue weighted by atomic mass is 32.1. The zero-order valence-corrected chi connectivity index (χ0v) is 12.2. The van der Waals surface area contributed by atoms with Crippen molar-refractivity contribution in [2.24, 2.45) is 0 Å². The van der Waals surface area contributed by atoms with E-state index in [2.05, 4.69) is 15.3 Å². The molecule has 0 aliphatic heterocycles. The van der Waals surface area contributed by atoms with Crippen molar-refractivity contribution in [1.82, 2.24) is 15.3 Å². The first-order chi connectivity index (χ1) is 9.79. The molecule has 0 aliphatic rings. The third kappa shape index (κ3) is 4.40. The number of esters is 1. The molecule has 0 amide bonds. The van der Waals surface area contributed by atoms with Gasteiger partial charge in [-0.15, -0.1) is 11.3 Å². The molecule has 2 heterocycles. The van der Waals surface area contributed by atoms with Gasteiger partial charge in [-0.2, -0.15) is 0 Å². The van der Waals surface area contributed by atoms with Crippen LogP contribution < -0.4 is 5.32 Å². The molecule has 0 radical (unpaired) electrons. The van der Waals surface area contributed by atoms with E-state index in [1.54, 1.807) is 18.5 Å². The van der Waals surface area contributed by atoms with Gasteiger partial charge in [-0.1, -0.05) is 6.07 Å². The summed E-state index contributed by atoms with van der Waals surface area (Å²) in [7, 11) is 0. The van der Waals surface area contributed by atoms with E-state index >= 15 is 0 Å². The molecule has 0 bridgehead atoms. The van der Waals surface area contributed by atoms with E-state index in [-0.39, 0.29) is 5.97 Å². The molecule has 2 aromatic heterocycles. The van der Waals surface area contributed by atoms with Crippen molar-refractivity contribution in [2.45, 2.75) is 19.9 Å². The minimum Gasteiger partial charge on any atom is -0.461 e. The molecular formula is C14H17N3O2S. The molecule has 0 saturated heterocycles. The number of carbonyl (C=O) groups is 1. The number of rotatable bonds is 7. The van der Waals surface area contributed by atoms with Gasteiger partial charge in [-0.3, -0.25) is 4.98 Å². The first-order valence-electron chi connectivity index (χ1n) is 6.50. The molecule has 0 aromatic carbocycles. The highest BCUT2D eigenvalue weighted by molar-refractivity contribution is 7.09. The summed E-state index contributed by atoms with van der Waals surface area (Å²) < 4.78 is 4.91. The molecule has 0 fully saturated rings. The van der Waals surface area contributed by atoms with Crippen LogP contribution in [-0.2, 0) is 17.7 Å². The summed E-state index contributed by atoms with van der Waals surface area (Å²) in [4.78, 5) is 19.8. The van der Waals surface area contributed by atoms with Gasteiger partial charge in [-0.05, 0) is 18.6 Å². The van der Waals surface area contributed by atoms with Gasteiger partial charge in [0.2, 0.25) is 0 Å². The Morgan fingerprint density at radius 2 is 2.40 bits per heavy atom. The fourth-order valence-electron chi connectivity index (χ4n) is 1.66. The van der Waals surface area contributed by atoms with Gasteiger partial charge in [0, 0.05) is 37.3 Å². The van der Waals surface area contributed by atoms with Crippen molar-refractivity contribution >= 4 is 17.3 Å². The van der Waals surface area contributed by atoms with Crippen LogP contribution in [0.4, 0.5) is 0 Å². The Balaban J connectivity index is 1.73. The molecule has 0 atom stereocenters. The van der Waals surface area contributed by atoms with Crippen LogP contribution in [0.5, 0.6) is 0 Å². The van der Waals surface area contributed by atoms with Crippen LogP contribution in [0, 0.1) is 0 Å². The number of carbonyl (C=O) groups excluding carboxylic acids is 1. The molecule has 0 aliphatic carbocycles. The van der Waals surface area contributed by atoms with Crippen molar-refractivity contribution in [3.05, 3.63) is 46.2 Å². The Bertz CT molecular complexity index is 542. The van der Waals surface area contributed by atoms with Crippen LogP contribution in [0.3, 0.4) is 0 Å². The second-order valence-electron chi connectivity index (χ2n) is 4.14. The van der Waals surface area contributed by atoms with E-state index in [4.69, 9.17) is 4.74 Å². The molecule has 106 valence electrons. The summed E-state index contributed by atoms with van der Waals surface area (Å²) in [5.41, 5.74) is 1.55. The van der Waals surface area contributed by atoms with Crippen LogP contribution in [0.15, 0.2) is 29.9 Å². The largest absolute Gasteiger partial charge is 0.461 e. The Kier molecular flexibility index (Phi) is 5.64. The van der Waals surface area contributed by atoms with Gasteiger partial charge in [0.1, 0.15) is 0 Å². The molecule has 1 N–H and O–H groups in total. The van der Waals surface area contributed by atoms with E-state index in [1.165, 1.54) is 11.3 Å². The van der Waals surface area contributed by atoms with Crippen molar-refractivity contribution in [3.63, 3.8) is 0 Å². The molecule has 2 aromatic rings. The monoisotopic (exact) mass is 291 g/mol. The van der Waals surface area contributed by atoms with Crippen LogP contribution >= 0.6 is 11.3 Å². The molecule has 0 unspecified atom stereocenters. The molecule has 6 heteroatoms. The summed E-state index contributed by atoms with van der Waals surface area (Å²) in [6, 6.07) is 3.95. The lowest BCUT2D eigenvalue weighted by atomic mass is 10.3. The Morgan fingerprint density at radius 3 is 3.15 bits per heavy atom. The zero-order valence-electron chi connectivity index (χ0n) is 11.3. The van der Waals surface area contributed by atoms with Crippen LogP contribution in [0.1, 0.15) is 28.0 Å². The zero-order chi connectivity index (χ0) is 14.2. The second kappa shape index (κ2) is 7.72. The predicted molar refractivity (Wildman–Crippen MR) is 77.7 cm³/mol. The van der Waals surface area contributed by atoms with Crippen molar-refractivity contribution in [1.29, 1.82) is 0 Å². The number of hydrogen-bond donors (Lipinski definition) is 1. The predicted octanol–water partition coefficient (Wildman–Crippen LogP) is 2.05. The maximum atomic E-state index is 11.5. The van der Waals surface area contributed by atoms with Crippen molar-refractivity contribution in [3.8, 4) is 0 Å². The minimum absolute atomic E-state index is 0.349. The summed E-state index contributed by atoms with van der Waals surface area (Å²) in [5, 5.41) is 6.01.